The minimum atomic E-state index is -4.67. The van der Waals surface area contributed by atoms with Crippen molar-refractivity contribution in [2.24, 2.45) is 0 Å². The molecule has 0 radical (unpaired) electrons. The minimum Gasteiger partial charge on any atom is -0.448 e. The Balaban J connectivity index is 0. The summed E-state index contributed by atoms with van der Waals surface area (Å²) in [6.45, 7) is -1.20. The van der Waals surface area contributed by atoms with E-state index in [1.807, 2.05) is 0 Å². The molecule has 0 unspecified atom stereocenters. The van der Waals surface area contributed by atoms with E-state index in [2.05, 4.69) is 11.9 Å². The van der Waals surface area contributed by atoms with Gasteiger partial charge in [0, 0.05) is 6.54 Å². The van der Waals surface area contributed by atoms with Gasteiger partial charge >= 0.3 is 58.4 Å². The van der Waals surface area contributed by atoms with Gasteiger partial charge in [-0.3, -0.25) is 0 Å². The predicted molar refractivity (Wildman–Crippen MR) is 32.1 cm³/mol. The second kappa shape index (κ2) is 6.87. The van der Waals surface area contributed by atoms with Gasteiger partial charge in [0.2, 0.25) is 0 Å². The van der Waals surface area contributed by atoms with Crippen LogP contribution in [0.2, 0.25) is 0 Å². The van der Waals surface area contributed by atoms with Crippen LogP contribution in [0.4, 0.5) is 12.9 Å². The van der Waals surface area contributed by atoms with Crippen LogP contribution in [0.3, 0.4) is 0 Å². The molecule has 0 aliphatic heterocycles. The molecule has 0 aromatic carbocycles. The number of hydrogen-bond donors (Lipinski definition) is 1. The Kier molecular flexibility index (Phi) is 9.46. The zero-order valence-corrected chi connectivity index (χ0v) is 9.03. The second-order valence-corrected chi connectivity index (χ2v) is 1.66. The van der Waals surface area contributed by atoms with E-state index in [0.29, 0.717) is 0 Å². The molecule has 0 atom stereocenters. The third-order valence-electron chi connectivity index (χ3n) is 0.664. The fraction of sp³-hybridized carbons (Fsp3) is 0.500. The van der Waals surface area contributed by atoms with E-state index in [9.17, 15) is 12.9 Å². The Morgan fingerprint density at radius 3 is 2.20 bits per heavy atom. The Hall–Kier alpha value is 1.19. The SMILES string of the molecule is C=CCNC[B-](F)(F)F.[K+]. The van der Waals surface area contributed by atoms with Crippen molar-refractivity contribution in [1.29, 1.82) is 0 Å². The van der Waals surface area contributed by atoms with Crippen LogP contribution in [0.15, 0.2) is 12.7 Å². The van der Waals surface area contributed by atoms with Crippen molar-refractivity contribution in [3.63, 3.8) is 0 Å². The van der Waals surface area contributed by atoms with Crippen molar-refractivity contribution in [2.45, 2.75) is 0 Å². The van der Waals surface area contributed by atoms with Crippen molar-refractivity contribution in [3.05, 3.63) is 12.7 Å². The van der Waals surface area contributed by atoms with Gasteiger partial charge in [-0.05, 0) is 6.44 Å². The maximum Gasteiger partial charge on any atom is 1.00 e. The van der Waals surface area contributed by atoms with E-state index in [1.165, 1.54) is 6.08 Å². The number of rotatable bonds is 4. The molecule has 0 aromatic rings. The van der Waals surface area contributed by atoms with E-state index >= 15 is 0 Å². The van der Waals surface area contributed by atoms with E-state index in [4.69, 9.17) is 0 Å². The van der Waals surface area contributed by atoms with Crippen LogP contribution in [-0.4, -0.2) is 20.0 Å². The van der Waals surface area contributed by atoms with Crippen molar-refractivity contribution >= 4 is 6.98 Å². The molecule has 0 saturated carbocycles. The molecule has 1 nitrogen and oxygen atoms in total. The van der Waals surface area contributed by atoms with Crippen LogP contribution >= 0.6 is 0 Å². The van der Waals surface area contributed by atoms with Crippen LogP contribution in [0.5, 0.6) is 0 Å². The third-order valence-corrected chi connectivity index (χ3v) is 0.664. The first kappa shape index (κ1) is 13.8. The molecule has 0 aliphatic rings. The summed E-state index contributed by atoms with van der Waals surface area (Å²) in [4.78, 5) is 0. The molecule has 0 bridgehead atoms. The summed E-state index contributed by atoms with van der Waals surface area (Å²) in [5.41, 5.74) is 0. The summed E-state index contributed by atoms with van der Waals surface area (Å²) >= 11 is 0. The summed E-state index contributed by atoms with van der Waals surface area (Å²) < 4.78 is 34.0. The van der Waals surface area contributed by atoms with E-state index < -0.39 is 13.4 Å². The van der Waals surface area contributed by atoms with Gasteiger partial charge in [0.1, 0.15) is 0 Å². The van der Waals surface area contributed by atoms with Gasteiger partial charge in [0.05, 0.1) is 0 Å². The van der Waals surface area contributed by atoms with E-state index in [0.717, 1.165) is 0 Å². The predicted octanol–water partition coefficient (Wildman–Crippen LogP) is -1.85. The summed E-state index contributed by atoms with van der Waals surface area (Å²) in [5.74, 6) is 0. The largest absolute Gasteiger partial charge is 1.00 e. The Morgan fingerprint density at radius 2 is 1.90 bits per heavy atom. The molecule has 0 amide bonds. The molecular formula is C4H8BF3KN. The smallest absolute Gasteiger partial charge is 0.448 e. The molecule has 0 aromatic heterocycles. The van der Waals surface area contributed by atoms with Gasteiger partial charge < -0.3 is 18.3 Å². The summed E-state index contributed by atoms with van der Waals surface area (Å²) in [6.07, 6.45) is 0.508. The van der Waals surface area contributed by atoms with Gasteiger partial charge in [0.25, 0.3) is 0 Å². The normalized spacial score (nSPS) is 10.3. The van der Waals surface area contributed by atoms with Gasteiger partial charge in [-0.1, -0.05) is 6.08 Å². The second-order valence-electron chi connectivity index (χ2n) is 1.66. The molecular weight excluding hydrogens is 169 g/mol. The van der Waals surface area contributed by atoms with Crippen molar-refractivity contribution in [3.8, 4) is 0 Å². The molecule has 54 valence electrons. The zero-order chi connectivity index (χ0) is 7.33. The van der Waals surface area contributed by atoms with Crippen LogP contribution in [0, 0.1) is 0 Å². The molecule has 0 saturated heterocycles. The molecule has 6 heteroatoms. The van der Waals surface area contributed by atoms with Gasteiger partial charge in [0.15, 0.2) is 0 Å². The van der Waals surface area contributed by atoms with Crippen molar-refractivity contribution in [1.82, 2.24) is 5.32 Å². The molecule has 1 N–H and O–H groups in total. The summed E-state index contributed by atoms with van der Waals surface area (Å²) in [5, 5.41) is 2.16. The van der Waals surface area contributed by atoms with Gasteiger partial charge in [-0.25, -0.2) is 0 Å². The minimum absolute atomic E-state index is 0. The molecule has 10 heavy (non-hydrogen) atoms. The number of halogens is 3. The molecule has 0 heterocycles. The summed E-state index contributed by atoms with van der Waals surface area (Å²) in [6, 6.07) is 0. The first-order valence-corrected chi connectivity index (χ1v) is 2.59. The molecule has 0 rings (SSSR count). The summed E-state index contributed by atoms with van der Waals surface area (Å²) in [7, 11) is 0. The molecule has 0 spiro atoms. The van der Waals surface area contributed by atoms with E-state index in [-0.39, 0.29) is 57.9 Å². The number of hydrogen-bond acceptors (Lipinski definition) is 1. The van der Waals surface area contributed by atoms with Crippen LogP contribution in [0.25, 0.3) is 0 Å². The van der Waals surface area contributed by atoms with Crippen molar-refractivity contribution in [2.75, 3.05) is 13.0 Å². The monoisotopic (exact) mass is 177 g/mol. The Morgan fingerprint density at radius 1 is 1.40 bits per heavy atom. The first-order chi connectivity index (χ1) is 4.06. The average Bonchev–Trinajstić information content (AvgIpc) is 1.63. The average molecular weight is 177 g/mol. The van der Waals surface area contributed by atoms with Crippen LogP contribution in [0.1, 0.15) is 0 Å². The van der Waals surface area contributed by atoms with Crippen LogP contribution < -0.4 is 56.7 Å². The molecule has 0 aliphatic carbocycles. The Bertz CT molecular complexity index is 95.0. The fourth-order valence-electron chi connectivity index (χ4n) is 0.349. The third kappa shape index (κ3) is 11.9. The maximum absolute atomic E-state index is 11.3. The topological polar surface area (TPSA) is 12.0 Å². The maximum atomic E-state index is 11.3. The first-order valence-electron chi connectivity index (χ1n) is 2.59. The quantitative estimate of drug-likeness (QED) is 0.302. The van der Waals surface area contributed by atoms with Gasteiger partial charge in [-0.15, -0.1) is 6.58 Å². The zero-order valence-electron chi connectivity index (χ0n) is 5.91. The van der Waals surface area contributed by atoms with Crippen molar-refractivity contribution < 1.29 is 64.3 Å². The van der Waals surface area contributed by atoms with E-state index in [1.54, 1.807) is 0 Å². The van der Waals surface area contributed by atoms with Gasteiger partial charge in [-0.2, -0.15) is 0 Å². The van der Waals surface area contributed by atoms with Crippen LogP contribution in [-0.2, 0) is 0 Å². The molecule has 0 fully saturated rings. The standard InChI is InChI=1S/C4H8BF3N.K/c1-2-3-9-4-5(6,7)8;/h2,9H,1,3-4H2;/q-1;+1. The number of nitrogens with one attached hydrogen (secondary N) is 1. The fourth-order valence-corrected chi connectivity index (χ4v) is 0.349. The Labute approximate surface area is 101 Å².